The van der Waals surface area contributed by atoms with Gasteiger partial charge in [0.05, 0.1) is 10.5 Å². The number of carbonyl (C=O) groups is 1. The zero-order valence-electron chi connectivity index (χ0n) is 16.5. The standard InChI is InChI=1S/C21H22ClN3O2S/c1-6-7-15-8-11-19(23-13-15)20(26)24-16-9-10-18(22)17(12-16)14(2)25-28(27)21(3,4)5/h8-13H,1-5H3,(H,24,26)/t28-/m0/s1. The van der Waals surface area contributed by atoms with Crippen LogP contribution in [0.25, 0.3) is 0 Å². The summed E-state index contributed by atoms with van der Waals surface area (Å²) in [5, 5.41) is 3.25. The third-order valence-electron chi connectivity index (χ3n) is 3.62. The highest BCUT2D eigenvalue weighted by atomic mass is 35.5. The Labute approximate surface area is 173 Å². The molecule has 2 rings (SSSR count). The van der Waals surface area contributed by atoms with E-state index in [9.17, 15) is 9.00 Å². The number of amides is 1. The Hall–Kier alpha value is -2.49. The largest absolute Gasteiger partial charge is 0.321 e. The number of benzene rings is 1. The van der Waals surface area contributed by atoms with Crippen molar-refractivity contribution >= 4 is 39.9 Å². The molecule has 0 saturated heterocycles. The number of pyridine rings is 1. The minimum absolute atomic E-state index is 0.275. The van der Waals surface area contributed by atoms with E-state index in [4.69, 9.17) is 11.6 Å². The van der Waals surface area contributed by atoms with Crippen molar-refractivity contribution in [1.29, 1.82) is 0 Å². The molecule has 0 saturated carbocycles. The lowest BCUT2D eigenvalue weighted by atomic mass is 10.1. The van der Waals surface area contributed by atoms with Crippen LogP contribution in [-0.4, -0.2) is 25.6 Å². The number of hydrogen-bond donors (Lipinski definition) is 1. The van der Waals surface area contributed by atoms with Crippen LogP contribution in [0.4, 0.5) is 5.69 Å². The molecule has 0 radical (unpaired) electrons. The molecule has 28 heavy (non-hydrogen) atoms. The Morgan fingerprint density at radius 2 is 1.96 bits per heavy atom. The fourth-order valence-corrected chi connectivity index (χ4v) is 3.01. The maximum absolute atomic E-state index is 12.4. The van der Waals surface area contributed by atoms with Gasteiger partial charge < -0.3 is 5.32 Å². The van der Waals surface area contributed by atoms with Crippen molar-refractivity contribution in [3.8, 4) is 11.8 Å². The molecule has 7 heteroatoms. The van der Waals surface area contributed by atoms with Crippen molar-refractivity contribution in [1.82, 2.24) is 4.98 Å². The summed E-state index contributed by atoms with van der Waals surface area (Å²) in [7, 11) is -1.41. The van der Waals surface area contributed by atoms with Gasteiger partial charge in [0, 0.05) is 28.0 Å². The first-order chi connectivity index (χ1) is 13.1. The molecular weight excluding hydrogens is 394 g/mol. The van der Waals surface area contributed by atoms with Crippen LogP contribution >= 0.6 is 11.6 Å². The van der Waals surface area contributed by atoms with E-state index in [1.54, 1.807) is 50.4 Å². The average molecular weight is 416 g/mol. The zero-order chi connectivity index (χ0) is 20.9. The smallest absolute Gasteiger partial charge is 0.274 e. The van der Waals surface area contributed by atoms with Crippen LogP contribution in [-0.2, 0) is 11.0 Å². The number of rotatable bonds is 4. The van der Waals surface area contributed by atoms with Gasteiger partial charge in [-0.1, -0.05) is 17.5 Å². The molecule has 2 aromatic rings. The van der Waals surface area contributed by atoms with Gasteiger partial charge in [-0.25, -0.2) is 9.19 Å². The lowest BCUT2D eigenvalue weighted by molar-refractivity contribution is 0.102. The van der Waals surface area contributed by atoms with Crippen LogP contribution in [0.5, 0.6) is 0 Å². The highest BCUT2D eigenvalue weighted by Crippen LogP contribution is 2.23. The van der Waals surface area contributed by atoms with Crippen molar-refractivity contribution in [3.05, 3.63) is 58.4 Å². The van der Waals surface area contributed by atoms with Crippen molar-refractivity contribution in [2.24, 2.45) is 4.40 Å². The lowest BCUT2D eigenvalue weighted by Crippen LogP contribution is -2.20. The second-order valence-electron chi connectivity index (χ2n) is 6.99. The first kappa shape index (κ1) is 21.8. The predicted molar refractivity (Wildman–Crippen MR) is 116 cm³/mol. The molecule has 0 bridgehead atoms. The van der Waals surface area contributed by atoms with Gasteiger partial charge in [-0.05, 0) is 65.0 Å². The second kappa shape index (κ2) is 9.13. The number of nitrogens with zero attached hydrogens (tertiary/aromatic N) is 2. The SMILES string of the molecule is CC#Cc1ccc(C(=O)Nc2ccc(Cl)c(C(C)=N[S@@](=O)C(C)(C)C)c2)nc1. The van der Waals surface area contributed by atoms with Gasteiger partial charge in [-0.15, -0.1) is 5.92 Å². The third-order valence-corrected chi connectivity index (χ3v) is 5.44. The summed E-state index contributed by atoms with van der Waals surface area (Å²) in [5.41, 5.74) is 2.71. The van der Waals surface area contributed by atoms with Gasteiger partial charge in [-0.2, -0.15) is 4.40 Å². The minimum Gasteiger partial charge on any atom is -0.321 e. The number of anilines is 1. The Morgan fingerprint density at radius 1 is 1.25 bits per heavy atom. The van der Waals surface area contributed by atoms with E-state index in [-0.39, 0.29) is 11.6 Å². The molecule has 146 valence electrons. The molecule has 5 nitrogen and oxygen atoms in total. The van der Waals surface area contributed by atoms with Crippen LogP contribution < -0.4 is 5.32 Å². The molecule has 0 unspecified atom stereocenters. The van der Waals surface area contributed by atoms with Gasteiger partial charge in [0.1, 0.15) is 16.7 Å². The van der Waals surface area contributed by atoms with E-state index in [1.165, 1.54) is 0 Å². The summed E-state index contributed by atoms with van der Waals surface area (Å²) < 4.78 is 16.1. The van der Waals surface area contributed by atoms with Gasteiger partial charge in [0.15, 0.2) is 0 Å². The van der Waals surface area contributed by atoms with E-state index in [0.29, 0.717) is 22.0 Å². The molecule has 1 aromatic carbocycles. The molecule has 0 fully saturated rings. The van der Waals surface area contributed by atoms with E-state index >= 15 is 0 Å². The summed E-state index contributed by atoms with van der Waals surface area (Å²) in [6.45, 7) is 9.03. The maximum atomic E-state index is 12.4. The van der Waals surface area contributed by atoms with Crippen LogP contribution in [0.3, 0.4) is 0 Å². The molecule has 1 atom stereocenters. The summed E-state index contributed by atoms with van der Waals surface area (Å²) in [4.78, 5) is 16.6. The lowest BCUT2D eigenvalue weighted by Gasteiger charge is -2.15. The van der Waals surface area contributed by atoms with Gasteiger partial charge >= 0.3 is 0 Å². The van der Waals surface area contributed by atoms with Crippen molar-refractivity contribution in [2.75, 3.05) is 5.32 Å². The molecule has 0 aliphatic carbocycles. The van der Waals surface area contributed by atoms with Crippen LogP contribution in [0.15, 0.2) is 40.9 Å². The van der Waals surface area contributed by atoms with Gasteiger partial charge in [0.2, 0.25) is 0 Å². The monoisotopic (exact) mass is 415 g/mol. The summed E-state index contributed by atoms with van der Waals surface area (Å²) in [5.74, 6) is 5.31. The third kappa shape index (κ3) is 5.75. The van der Waals surface area contributed by atoms with Crippen LogP contribution in [0.1, 0.15) is 56.2 Å². The fraction of sp³-hybridized carbons (Fsp3) is 0.286. The summed E-state index contributed by atoms with van der Waals surface area (Å²) >= 11 is 6.27. The fourth-order valence-electron chi connectivity index (χ4n) is 2.13. The minimum atomic E-state index is -1.41. The Kier molecular flexibility index (Phi) is 7.11. The van der Waals surface area contributed by atoms with Crippen LogP contribution in [0, 0.1) is 11.8 Å². The Morgan fingerprint density at radius 3 is 2.54 bits per heavy atom. The topological polar surface area (TPSA) is 71.4 Å². The number of halogens is 1. The molecule has 1 amide bonds. The average Bonchev–Trinajstić information content (AvgIpc) is 2.63. The highest BCUT2D eigenvalue weighted by molar-refractivity contribution is 7.85. The quantitative estimate of drug-likeness (QED) is 0.584. The number of nitrogens with one attached hydrogen (secondary N) is 1. The molecule has 1 aromatic heterocycles. The van der Waals surface area contributed by atoms with E-state index in [1.807, 2.05) is 20.8 Å². The van der Waals surface area contributed by atoms with E-state index in [2.05, 4.69) is 26.5 Å². The van der Waals surface area contributed by atoms with Crippen molar-refractivity contribution in [2.45, 2.75) is 39.4 Å². The number of aromatic nitrogens is 1. The molecule has 0 aliphatic rings. The summed E-state index contributed by atoms with van der Waals surface area (Å²) in [6.07, 6.45) is 1.55. The number of hydrogen-bond acceptors (Lipinski definition) is 3. The highest BCUT2D eigenvalue weighted by Gasteiger charge is 2.20. The first-order valence-corrected chi connectivity index (χ1v) is 10.1. The first-order valence-electron chi connectivity index (χ1n) is 8.59. The van der Waals surface area contributed by atoms with E-state index < -0.39 is 15.7 Å². The zero-order valence-corrected chi connectivity index (χ0v) is 18.0. The molecule has 1 heterocycles. The Bertz CT molecular complexity index is 997. The van der Waals surface area contributed by atoms with Crippen LogP contribution in [0.2, 0.25) is 5.02 Å². The van der Waals surface area contributed by atoms with Crippen molar-refractivity contribution < 1.29 is 9.00 Å². The molecule has 0 spiro atoms. The predicted octanol–water partition coefficient (Wildman–Crippen LogP) is 4.63. The number of carbonyl (C=O) groups excluding carboxylic acids is 1. The maximum Gasteiger partial charge on any atom is 0.274 e. The molecule has 0 aliphatic heterocycles. The van der Waals surface area contributed by atoms with Gasteiger partial charge in [-0.3, -0.25) is 4.79 Å². The van der Waals surface area contributed by atoms with E-state index in [0.717, 1.165) is 5.56 Å². The molecular formula is C21H22ClN3O2S. The molecule has 1 N–H and O–H groups in total. The summed E-state index contributed by atoms with van der Waals surface area (Å²) in [6, 6.07) is 8.42. The normalized spacial score (nSPS) is 12.7. The van der Waals surface area contributed by atoms with Crippen molar-refractivity contribution in [3.63, 3.8) is 0 Å². The second-order valence-corrected chi connectivity index (χ2v) is 9.31. The Balaban J connectivity index is 2.24. The van der Waals surface area contributed by atoms with Gasteiger partial charge in [0.25, 0.3) is 5.91 Å².